The van der Waals surface area contributed by atoms with Crippen molar-refractivity contribution in [3.05, 3.63) is 15.6 Å². The van der Waals surface area contributed by atoms with Crippen LogP contribution in [0.15, 0.2) is 4.99 Å². The quantitative estimate of drug-likeness (QED) is 0.651. The second-order valence-electron chi connectivity index (χ2n) is 7.47. The standard InChI is InChI=1S/C18H28N4OS/c1-11-14(24-12(2)21-11)10-20-17(19-3)22-15-13-6-9-23-16(13)18(15)7-4-5-8-18/h13,15-16H,4-10H2,1-3H3,(H2,19,20,22). The van der Waals surface area contributed by atoms with Crippen LogP contribution in [0.3, 0.4) is 0 Å². The van der Waals surface area contributed by atoms with Crippen LogP contribution in [0.1, 0.15) is 47.7 Å². The number of aryl methyl sites for hydroxylation is 2. The van der Waals surface area contributed by atoms with Gasteiger partial charge >= 0.3 is 0 Å². The number of aromatic nitrogens is 1. The number of ether oxygens (including phenoxy) is 1. The average molecular weight is 349 g/mol. The molecular weight excluding hydrogens is 320 g/mol. The maximum absolute atomic E-state index is 6.08. The lowest BCUT2D eigenvalue weighted by atomic mass is 9.54. The summed E-state index contributed by atoms with van der Waals surface area (Å²) in [6.07, 6.45) is 6.97. The third-order valence-corrected chi connectivity index (χ3v) is 7.29. The van der Waals surface area contributed by atoms with Gasteiger partial charge < -0.3 is 15.4 Å². The third-order valence-electron chi connectivity index (χ3n) is 6.22. The molecule has 5 nitrogen and oxygen atoms in total. The number of guanidine groups is 1. The Morgan fingerprint density at radius 1 is 1.38 bits per heavy atom. The fraction of sp³-hybridized carbons (Fsp3) is 0.778. The molecular formula is C18H28N4OS. The average Bonchev–Trinajstić information content (AvgIpc) is 3.27. The van der Waals surface area contributed by atoms with Gasteiger partial charge in [-0.1, -0.05) is 12.8 Å². The Morgan fingerprint density at radius 3 is 2.83 bits per heavy atom. The fourth-order valence-corrected chi connectivity index (χ4v) is 6.02. The minimum atomic E-state index is 0.357. The topological polar surface area (TPSA) is 58.5 Å². The summed E-state index contributed by atoms with van der Waals surface area (Å²) in [4.78, 5) is 10.3. The van der Waals surface area contributed by atoms with E-state index in [2.05, 4.69) is 34.5 Å². The molecule has 1 aromatic heterocycles. The first-order chi connectivity index (χ1) is 11.6. The molecule has 3 atom stereocenters. The first kappa shape index (κ1) is 16.3. The zero-order valence-corrected chi connectivity index (χ0v) is 15.7. The Kier molecular flexibility index (Phi) is 4.29. The van der Waals surface area contributed by atoms with Crippen LogP contribution in [0.5, 0.6) is 0 Å². The SMILES string of the molecule is CN=C(NCc1sc(C)nc1C)NC1C2CCOC2C12CCCC2. The van der Waals surface area contributed by atoms with Crippen LogP contribution in [0.25, 0.3) is 0 Å². The zero-order valence-electron chi connectivity index (χ0n) is 14.9. The molecule has 0 amide bonds. The van der Waals surface area contributed by atoms with Gasteiger partial charge in [-0.2, -0.15) is 0 Å². The smallest absolute Gasteiger partial charge is 0.191 e. The maximum Gasteiger partial charge on any atom is 0.191 e. The van der Waals surface area contributed by atoms with Crippen LogP contribution in [0.2, 0.25) is 0 Å². The van der Waals surface area contributed by atoms with Gasteiger partial charge in [0.05, 0.1) is 23.4 Å². The van der Waals surface area contributed by atoms with Crippen LogP contribution < -0.4 is 10.6 Å². The summed E-state index contributed by atoms with van der Waals surface area (Å²) < 4.78 is 6.08. The Labute approximate surface area is 148 Å². The van der Waals surface area contributed by atoms with E-state index in [0.717, 1.165) is 29.8 Å². The second kappa shape index (κ2) is 6.30. The molecule has 3 aliphatic rings. The number of thiazole rings is 1. The molecule has 24 heavy (non-hydrogen) atoms. The second-order valence-corrected chi connectivity index (χ2v) is 8.76. The summed E-state index contributed by atoms with van der Waals surface area (Å²) in [6.45, 7) is 5.87. The molecule has 1 aliphatic heterocycles. The van der Waals surface area contributed by atoms with Gasteiger partial charge in [0.1, 0.15) is 0 Å². The van der Waals surface area contributed by atoms with Crippen LogP contribution >= 0.6 is 11.3 Å². The molecule has 0 aromatic carbocycles. The van der Waals surface area contributed by atoms with Gasteiger partial charge in [0.25, 0.3) is 0 Å². The van der Waals surface area contributed by atoms with Crippen LogP contribution in [-0.4, -0.2) is 36.7 Å². The molecule has 1 spiro atoms. The highest BCUT2D eigenvalue weighted by molar-refractivity contribution is 7.11. The molecule has 1 aromatic rings. The summed E-state index contributed by atoms with van der Waals surface area (Å²) in [5.41, 5.74) is 1.48. The normalized spacial score (nSPS) is 31.1. The van der Waals surface area contributed by atoms with E-state index in [9.17, 15) is 0 Å². The van der Waals surface area contributed by atoms with E-state index in [1.165, 1.54) is 37.0 Å². The molecule has 3 fully saturated rings. The van der Waals surface area contributed by atoms with Gasteiger partial charge in [-0.05, 0) is 33.1 Å². The number of hydrogen-bond donors (Lipinski definition) is 2. The molecule has 2 heterocycles. The van der Waals surface area contributed by atoms with Gasteiger partial charge in [-0.15, -0.1) is 11.3 Å². The summed E-state index contributed by atoms with van der Waals surface area (Å²) in [5, 5.41) is 8.37. The number of fused-ring (bicyclic) bond motifs is 2. The van der Waals surface area contributed by atoms with Crippen molar-refractivity contribution in [1.82, 2.24) is 15.6 Å². The van der Waals surface area contributed by atoms with E-state index in [-0.39, 0.29) is 0 Å². The molecule has 6 heteroatoms. The molecule has 2 aliphatic carbocycles. The predicted octanol–water partition coefficient (Wildman–Crippen LogP) is 2.77. The molecule has 1 saturated heterocycles. The van der Waals surface area contributed by atoms with Crippen LogP contribution in [0, 0.1) is 25.2 Å². The van der Waals surface area contributed by atoms with Crippen molar-refractivity contribution >= 4 is 17.3 Å². The Balaban J connectivity index is 1.42. The Morgan fingerprint density at radius 2 is 2.17 bits per heavy atom. The maximum atomic E-state index is 6.08. The summed E-state index contributed by atoms with van der Waals surface area (Å²) in [5.74, 6) is 1.58. The van der Waals surface area contributed by atoms with Crippen LogP contribution in [-0.2, 0) is 11.3 Å². The molecule has 132 valence electrons. The van der Waals surface area contributed by atoms with E-state index in [1.54, 1.807) is 11.3 Å². The van der Waals surface area contributed by atoms with Crippen molar-refractivity contribution in [3.8, 4) is 0 Å². The first-order valence-electron chi connectivity index (χ1n) is 9.16. The Hall–Kier alpha value is -1.14. The largest absolute Gasteiger partial charge is 0.377 e. The fourth-order valence-electron chi connectivity index (χ4n) is 5.15. The summed E-state index contributed by atoms with van der Waals surface area (Å²) in [6, 6.07) is 0.517. The molecule has 2 N–H and O–H groups in total. The van der Waals surface area contributed by atoms with Gasteiger partial charge in [-0.25, -0.2) is 4.98 Å². The zero-order chi connectivity index (χ0) is 16.7. The van der Waals surface area contributed by atoms with Gasteiger partial charge in [0.2, 0.25) is 0 Å². The van der Waals surface area contributed by atoms with Crippen LogP contribution in [0.4, 0.5) is 0 Å². The van der Waals surface area contributed by atoms with Crippen molar-refractivity contribution in [3.63, 3.8) is 0 Å². The van der Waals surface area contributed by atoms with E-state index >= 15 is 0 Å². The minimum absolute atomic E-state index is 0.357. The van der Waals surface area contributed by atoms with E-state index in [1.807, 2.05) is 7.05 Å². The van der Waals surface area contributed by atoms with Gasteiger partial charge in [0.15, 0.2) is 5.96 Å². The molecule has 0 bridgehead atoms. The predicted molar refractivity (Wildman–Crippen MR) is 97.5 cm³/mol. The number of rotatable bonds is 3. The molecule has 2 saturated carbocycles. The molecule has 4 rings (SSSR count). The lowest BCUT2D eigenvalue weighted by Gasteiger charge is -2.57. The molecule has 0 radical (unpaired) electrons. The van der Waals surface area contributed by atoms with E-state index in [0.29, 0.717) is 23.5 Å². The lowest BCUT2D eigenvalue weighted by molar-refractivity contribution is -0.125. The van der Waals surface area contributed by atoms with E-state index < -0.39 is 0 Å². The van der Waals surface area contributed by atoms with Crippen molar-refractivity contribution in [2.24, 2.45) is 16.3 Å². The lowest BCUT2D eigenvalue weighted by Crippen LogP contribution is -2.69. The number of aliphatic imine (C=N–C) groups is 1. The van der Waals surface area contributed by atoms with E-state index in [4.69, 9.17) is 4.74 Å². The van der Waals surface area contributed by atoms with Crippen molar-refractivity contribution in [2.75, 3.05) is 13.7 Å². The molecule has 3 unspecified atom stereocenters. The monoisotopic (exact) mass is 348 g/mol. The van der Waals surface area contributed by atoms with Gasteiger partial charge in [0, 0.05) is 35.9 Å². The van der Waals surface area contributed by atoms with Crippen molar-refractivity contribution in [2.45, 2.75) is 64.6 Å². The summed E-state index contributed by atoms with van der Waals surface area (Å²) >= 11 is 1.76. The first-order valence-corrected chi connectivity index (χ1v) is 9.97. The van der Waals surface area contributed by atoms with Crippen molar-refractivity contribution in [1.29, 1.82) is 0 Å². The highest BCUT2D eigenvalue weighted by atomic mass is 32.1. The van der Waals surface area contributed by atoms with Gasteiger partial charge in [-0.3, -0.25) is 4.99 Å². The number of nitrogens with zero attached hydrogens (tertiary/aromatic N) is 2. The summed E-state index contributed by atoms with van der Waals surface area (Å²) in [7, 11) is 1.86. The number of nitrogens with one attached hydrogen (secondary N) is 2. The van der Waals surface area contributed by atoms with Crippen molar-refractivity contribution < 1.29 is 4.74 Å². The Bertz CT molecular complexity index is 635. The highest BCUT2D eigenvalue weighted by Crippen LogP contribution is 2.60. The highest BCUT2D eigenvalue weighted by Gasteiger charge is 2.65. The number of hydrogen-bond acceptors (Lipinski definition) is 4. The third kappa shape index (κ3) is 2.54. The minimum Gasteiger partial charge on any atom is -0.377 e.